The number of carbonyl (C=O) groups excluding carboxylic acids is 1. The van der Waals surface area contributed by atoms with Gasteiger partial charge in [-0.3, -0.25) is 9.69 Å². The van der Waals surface area contributed by atoms with Crippen molar-refractivity contribution in [3.8, 4) is 0 Å². The van der Waals surface area contributed by atoms with Crippen molar-refractivity contribution in [2.45, 2.75) is 38.6 Å². The summed E-state index contributed by atoms with van der Waals surface area (Å²) in [5, 5.41) is 9.01. The molecule has 0 spiro atoms. The smallest absolute Gasteiger partial charge is 0.236 e. The molecule has 1 aliphatic rings. The molecule has 16 heavy (non-hydrogen) atoms. The van der Waals surface area contributed by atoms with E-state index < -0.39 is 0 Å². The number of rotatable bonds is 4. The first-order valence-corrected chi connectivity index (χ1v) is 6.24. The van der Waals surface area contributed by atoms with Crippen LogP contribution in [0.3, 0.4) is 0 Å². The molecule has 94 valence electrons. The van der Waals surface area contributed by atoms with Gasteiger partial charge in [0.1, 0.15) is 0 Å². The highest BCUT2D eigenvalue weighted by Crippen LogP contribution is 2.10. The Balaban J connectivity index is 2.37. The third-order valence-electron chi connectivity index (χ3n) is 3.36. The maximum atomic E-state index is 12.0. The van der Waals surface area contributed by atoms with E-state index in [0.717, 1.165) is 25.9 Å². The van der Waals surface area contributed by atoms with Gasteiger partial charge >= 0.3 is 0 Å². The summed E-state index contributed by atoms with van der Waals surface area (Å²) in [5.74, 6) is 0.199. The summed E-state index contributed by atoms with van der Waals surface area (Å²) >= 11 is 0. The lowest BCUT2D eigenvalue weighted by Gasteiger charge is -2.26. The lowest BCUT2D eigenvalue weighted by atomic mass is 10.2. The molecule has 1 unspecified atom stereocenters. The topological polar surface area (TPSA) is 43.8 Å². The van der Waals surface area contributed by atoms with Gasteiger partial charge in [-0.1, -0.05) is 12.8 Å². The lowest BCUT2D eigenvalue weighted by molar-refractivity contribution is -0.132. The van der Waals surface area contributed by atoms with Gasteiger partial charge in [-0.2, -0.15) is 0 Å². The Labute approximate surface area is 98.2 Å². The molecule has 4 heteroatoms. The molecule has 0 aliphatic carbocycles. The fraction of sp³-hybridized carbons (Fsp3) is 0.917. The number of hydrogen-bond donors (Lipinski definition) is 1. The maximum Gasteiger partial charge on any atom is 0.236 e. The van der Waals surface area contributed by atoms with Crippen LogP contribution in [0.2, 0.25) is 0 Å². The number of aliphatic hydroxyl groups is 1. The van der Waals surface area contributed by atoms with E-state index in [1.807, 2.05) is 23.8 Å². The van der Waals surface area contributed by atoms with E-state index in [1.54, 1.807) is 0 Å². The SMILES string of the molecule is CC(CO)N(C)CC(=O)N1CCCCCC1. The van der Waals surface area contributed by atoms with E-state index in [1.165, 1.54) is 12.8 Å². The van der Waals surface area contributed by atoms with Crippen LogP contribution in [0.25, 0.3) is 0 Å². The van der Waals surface area contributed by atoms with Crippen LogP contribution in [0.15, 0.2) is 0 Å². The number of aliphatic hydroxyl groups excluding tert-OH is 1. The van der Waals surface area contributed by atoms with E-state index in [0.29, 0.717) is 6.54 Å². The standard InChI is InChI=1S/C12H24N2O2/c1-11(10-15)13(2)9-12(16)14-7-5-3-4-6-8-14/h11,15H,3-10H2,1-2H3. The van der Waals surface area contributed by atoms with E-state index in [-0.39, 0.29) is 18.6 Å². The molecule has 1 amide bonds. The van der Waals surface area contributed by atoms with E-state index in [2.05, 4.69) is 0 Å². The molecule has 0 aromatic heterocycles. The maximum absolute atomic E-state index is 12.0. The Morgan fingerprint density at radius 3 is 2.38 bits per heavy atom. The molecule has 4 nitrogen and oxygen atoms in total. The van der Waals surface area contributed by atoms with Crippen LogP contribution in [-0.2, 0) is 4.79 Å². The van der Waals surface area contributed by atoms with Gasteiger partial charge in [0.05, 0.1) is 13.2 Å². The molecule has 0 aromatic carbocycles. The summed E-state index contributed by atoms with van der Waals surface area (Å²) in [5.41, 5.74) is 0. The molecule has 1 heterocycles. The van der Waals surface area contributed by atoms with Crippen molar-refractivity contribution in [3.63, 3.8) is 0 Å². The molecule has 1 saturated heterocycles. The summed E-state index contributed by atoms with van der Waals surface area (Å²) in [7, 11) is 1.89. The zero-order valence-electron chi connectivity index (χ0n) is 10.5. The van der Waals surface area contributed by atoms with Crippen molar-refractivity contribution in [2.24, 2.45) is 0 Å². The van der Waals surface area contributed by atoms with Crippen molar-refractivity contribution < 1.29 is 9.90 Å². The van der Waals surface area contributed by atoms with Gasteiger partial charge in [0.15, 0.2) is 0 Å². The predicted molar refractivity (Wildman–Crippen MR) is 64.2 cm³/mol. The first-order chi connectivity index (χ1) is 7.65. The van der Waals surface area contributed by atoms with Gasteiger partial charge in [0.25, 0.3) is 0 Å². The molecule has 0 aromatic rings. The van der Waals surface area contributed by atoms with Crippen LogP contribution >= 0.6 is 0 Å². The highest BCUT2D eigenvalue weighted by atomic mass is 16.3. The second-order valence-corrected chi connectivity index (χ2v) is 4.74. The number of likely N-dealkylation sites (N-methyl/N-ethyl adjacent to an activating group) is 1. The Hall–Kier alpha value is -0.610. The van der Waals surface area contributed by atoms with Crippen molar-refractivity contribution in [1.82, 2.24) is 9.80 Å². The zero-order chi connectivity index (χ0) is 12.0. The quantitative estimate of drug-likeness (QED) is 0.770. The van der Waals surface area contributed by atoms with Gasteiger partial charge in [-0.25, -0.2) is 0 Å². The Bertz CT molecular complexity index is 213. The van der Waals surface area contributed by atoms with Crippen molar-refractivity contribution in [2.75, 3.05) is 33.3 Å². The number of likely N-dealkylation sites (tertiary alicyclic amines) is 1. The molecule has 1 atom stereocenters. The molecular weight excluding hydrogens is 204 g/mol. The Kier molecular flexibility index (Phi) is 5.77. The molecule has 0 saturated carbocycles. The van der Waals surface area contributed by atoms with Gasteiger partial charge in [-0.05, 0) is 26.8 Å². The Morgan fingerprint density at radius 1 is 1.31 bits per heavy atom. The minimum Gasteiger partial charge on any atom is -0.395 e. The number of carbonyl (C=O) groups is 1. The predicted octanol–water partition coefficient (Wildman–Crippen LogP) is 0.702. The zero-order valence-corrected chi connectivity index (χ0v) is 10.5. The van der Waals surface area contributed by atoms with E-state index >= 15 is 0 Å². The molecule has 1 aliphatic heterocycles. The van der Waals surface area contributed by atoms with Gasteiger partial charge in [0.2, 0.25) is 5.91 Å². The third-order valence-corrected chi connectivity index (χ3v) is 3.36. The third kappa shape index (κ3) is 4.10. The molecule has 1 rings (SSSR count). The highest BCUT2D eigenvalue weighted by Gasteiger charge is 2.18. The lowest BCUT2D eigenvalue weighted by Crippen LogP contribution is -2.43. The largest absolute Gasteiger partial charge is 0.395 e. The van der Waals surface area contributed by atoms with Gasteiger partial charge in [0, 0.05) is 19.1 Å². The molecule has 0 radical (unpaired) electrons. The Morgan fingerprint density at radius 2 is 1.88 bits per heavy atom. The molecule has 1 fully saturated rings. The van der Waals surface area contributed by atoms with Crippen molar-refractivity contribution in [1.29, 1.82) is 0 Å². The normalized spacial score (nSPS) is 19.6. The van der Waals surface area contributed by atoms with Crippen LogP contribution in [0.4, 0.5) is 0 Å². The highest BCUT2D eigenvalue weighted by molar-refractivity contribution is 5.78. The van der Waals surface area contributed by atoms with Crippen molar-refractivity contribution >= 4 is 5.91 Å². The van der Waals surface area contributed by atoms with Crippen LogP contribution in [-0.4, -0.2) is 60.1 Å². The minimum absolute atomic E-state index is 0.0518. The minimum atomic E-state index is 0.0518. The number of amides is 1. The summed E-state index contributed by atoms with van der Waals surface area (Å²) in [6.07, 6.45) is 4.75. The number of nitrogens with zero attached hydrogens (tertiary/aromatic N) is 2. The second kappa shape index (κ2) is 6.86. The monoisotopic (exact) mass is 228 g/mol. The molecular formula is C12H24N2O2. The van der Waals surface area contributed by atoms with Crippen LogP contribution in [0.5, 0.6) is 0 Å². The fourth-order valence-electron chi connectivity index (χ4n) is 1.93. The van der Waals surface area contributed by atoms with Gasteiger partial charge < -0.3 is 10.0 Å². The van der Waals surface area contributed by atoms with E-state index in [9.17, 15) is 4.79 Å². The first-order valence-electron chi connectivity index (χ1n) is 6.24. The average Bonchev–Trinajstić information content (AvgIpc) is 2.56. The summed E-state index contributed by atoms with van der Waals surface area (Å²) < 4.78 is 0. The van der Waals surface area contributed by atoms with Crippen LogP contribution in [0.1, 0.15) is 32.6 Å². The average molecular weight is 228 g/mol. The number of hydrogen-bond acceptors (Lipinski definition) is 3. The van der Waals surface area contributed by atoms with Crippen LogP contribution in [0, 0.1) is 0 Å². The summed E-state index contributed by atoms with van der Waals surface area (Å²) in [6.45, 7) is 4.25. The van der Waals surface area contributed by atoms with Gasteiger partial charge in [-0.15, -0.1) is 0 Å². The van der Waals surface area contributed by atoms with Crippen LogP contribution < -0.4 is 0 Å². The summed E-state index contributed by atoms with van der Waals surface area (Å²) in [4.78, 5) is 15.9. The van der Waals surface area contributed by atoms with E-state index in [4.69, 9.17) is 5.11 Å². The second-order valence-electron chi connectivity index (χ2n) is 4.74. The van der Waals surface area contributed by atoms with Crippen molar-refractivity contribution in [3.05, 3.63) is 0 Å². The first kappa shape index (κ1) is 13.5. The summed E-state index contributed by atoms with van der Waals surface area (Å²) in [6, 6.07) is 0.0518. The fourth-order valence-corrected chi connectivity index (χ4v) is 1.93. The molecule has 0 bridgehead atoms. The molecule has 1 N–H and O–H groups in total.